The number of esters is 4. The Balaban J connectivity index is 1.97. The van der Waals surface area contributed by atoms with Crippen molar-refractivity contribution >= 4 is 23.9 Å². The van der Waals surface area contributed by atoms with Gasteiger partial charge in [-0.15, -0.1) is 0 Å². The number of carbonyl (C=O) groups is 4. The minimum Gasteiger partial charge on any atom is -0.469 e. The van der Waals surface area contributed by atoms with Crippen LogP contribution in [-0.2, 0) is 38.1 Å². The van der Waals surface area contributed by atoms with E-state index in [0.717, 1.165) is 49.7 Å². The lowest BCUT2D eigenvalue weighted by Gasteiger charge is -2.48. The van der Waals surface area contributed by atoms with Gasteiger partial charge in [0.05, 0.1) is 49.6 Å². The molecule has 6 unspecified atom stereocenters. The highest BCUT2D eigenvalue weighted by atomic mass is 16.5. The van der Waals surface area contributed by atoms with Gasteiger partial charge in [-0.25, -0.2) is 0 Å². The molecule has 0 amide bonds. The van der Waals surface area contributed by atoms with Crippen molar-refractivity contribution < 1.29 is 38.1 Å². The third kappa shape index (κ3) is 15.7. The summed E-state index contributed by atoms with van der Waals surface area (Å²) in [6.45, 7) is 46.0. The van der Waals surface area contributed by atoms with Gasteiger partial charge < -0.3 is 18.9 Å². The fraction of sp³-hybridized carbons (Fsp3) is 0.754. The van der Waals surface area contributed by atoms with E-state index < -0.39 is 46.0 Å². The van der Waals surface area contributed by atoms with E-state index in [1.807, 2.05) is 20.8 Å². The highest BCUT2D eigenvalue weighted by molar-refractivity contribution is 5.89. The highest BCUT2D eigenvalue weighted by Crippen LogP contribution is 2.56. The van der Waals surface area contributed by atoms with Crippen molar-refractivity contribution in [2.45, 2.75) is 222 Å². The predicted octanol–water partition coefficient (Wildman–Crippen LogP) is 16.8. The van der Waals surface area contributed by atoms with E-state index in [1.54, 1.807) is 0 Å². The van der Waals surface area contributed by atoms with Crippen LogP contribution in [0.15, 0.2) is 69.9 Å². The van der Waals surface area contributed by atoms with Crippen LogP contribution in [0.1, 0.15) is 222 Å². The zero-order valence-electron chi connectivity index (χ0n) is 50.9. The van der Waals surface area contributed by atoms with Gasteiger partial charge in [0, 0.05) is 11.8 Å². The molecule has 414 valence electrons. The number of allylic oxidation sites excluding steroid dienone is 12. The van der Waals surface area contributed by atoms with Gasteiger partial charge in [0.25, 0.3) is 0 Å². The Labute approximate surface area is 446 Å². The highest BCUT2D eigenvalue weighted by Gasteiger charge is 2.59. The SMILES string of the molecule is COC(=O)C1CC=C(C(C)(C)CC/C=C(\C)C(C)(C)C)CC1(C)C(=O)OCC1CC(C(C)(C)CC/C=C(\C)C(C)(C)C)=CCC1COC(=O)C1(C)CC=C(C(C)(C)CC/C=C(\C)C(C)(C)C)CC1(C)C(=O)OC. The number of hydrogen-bond donors (Lipinski definition) is 0. The Morgan fingerprint density at radius 3 is 1.37 bits per heavy atom. The maximum absolute atomic E-state index is 14.8. The number of hydrogen-bond acceptors (Lipinski definition) is 8. The number of rotatable bonds is 20. The van der Waals surface area contributed by atoms with Gasteiger partial charge in [0.15, 0.2) is 0 Å². The second kappa shape index (κ2) is 24.1. The van der Waals surface area contributed by atoms with Crippen molar-refractivity contribution in [2.24, 2.45) is 66.5 Å². The first-order chi connectivity index (χ1) is 33.2. The second-order valence-corrected chi connectivity index (χ2v) is 28.5. The van der Waals surface area contributed by atoms with Gasteiger partial charge in [-0.05, 0) is 151 Å². The molecule has 3 aliphatic rings. The number of ether oxygens (including phenoxy) is 4. The standard InChI is InChI=1S/C65H106O8/c1-44(57(4,5)6)27-24-35-60(13,14)49-31-30-47(42-73-56(69)64(20)38-34-51(41-65(64,21)55(68)71-23)62(17,18)37-26-29-46(3)59(10,11)12)48(39-49)43-72-54(67)63(19)40-50(32-33-52(63)53(66)70-22)61(15,16)36-25-28-45(2)58(7,8)9/h27-29,31-32,34,47-48,52H,24-26,30,33,35-43H2,1-23H3/b44-27+,45-28+,46-29+. The van der Waals surface area contributed by atoms with E-state index in [9.17, 15) is 19.2 Å². The minimum atomic E-state index is -1.18. The molecule has 8 nitrogen and oxygen atoms in total. The first-order valence-electron chi connectivity index (χ1n) is 27.8. The maximum atomic E-state index is 14.8. The molecule has 0 radical (unpaired) electrons. The first-order valence-corrected chi connectivity index (χ1v) is 27.8. The van der Waals surface area contributed by atoms with Crippen LogP contribution in [0.2, 0.25) is 0 Å². The minimum absolute atomic E-state index is 0.0977. The van der Waals surface area contributed by atoms with Crippen LogP contribution in [0, 0.1) is 66.5 Å². The lowest BCUT2D eigenvalue weighted by atomic mass is 9.55. The van der Waals surface area contributed by atoms with E-state index >= 15 is 0 Å². The topological polar surface area (TPSA) is 105 Å². The summed E-state index contributed by atoms with van der Waals surface area (Å²) in [5.41, 5.74) is 3.95. The molecule has 6 atom stereocenters. The van der Waals surface area contributed by atoms with Crippen LogP contribution in [0.3, 0.4) is 0 Å². The lowest BCUT2D eigenvalue weighted by molar-refractivity contribution is -0.180. The molecular formula is C65H106O8. The summed E-state index contributed by atoms with van der Waals surface area (Å²) in [7, 11) is 2.79. The molecule has 0 heterocycles. The third-order valence-electron chi connectivity index (χ3n) is 19.0. The Morgan fingerprint density at radius 1 is 0.521 bits per heavy atom. The Bertz CT molecular complexity index is 2160. The van der Waals surface area contributed by atoms with Crippen LogP contribution in [0.4, 0.5) is 0 Å². The molecular weight excluding hydrogens is 909 g/mol. The molecule has 8 heteroatoms. The average molecular weight is 1020 g/mol. The predicted molar refractivity (Wildman–Crippen MR) is 301 cm³/mol. The van der Waals surface area contributed by atoms with Gasteiger partial charge >= 0.3 is 23.9 Å². The van der Waals surface area contributed by atoms with Gasteiger partial charge in [0.2, 0.25) is 0 Å². The zero-order valence-corrected chi connectivity index (χ0v) is 50.9. The normalized spacial score (nSPS) is 26.3. The van der Waals surface area contributed by atoms with Crippen molar-refractivity contribution in [3.63, 3.8) is 0 Å². The molecule has 0 aliphatic heterocycles. The third-order valence-corrected chi connectivity index (χ3v) is 19.0. The fourth-order valence-electron chi connectivity index (χ4n) is 10.9. The molecule has 3 rings (SSSR count). The van der Waals surface area contributed by atoms with Crippen LogP contribution in [-0.4, -0.2) is 51.3 Å². The fourth-order valence-corrected chi connectivity index (χ4v) is 10.9. The van der Waals surface area contributed by atoms with E-state index in [4.69, 9.17) is 18.9 Å². The van der Waals surface area contributed by atoms with Gasteiger partial charge in [-0.1, -0.05) is 174 Å². The van der Waals surface area contributed by atoms with E-state index in [2.05, 4.69) is 161 Å². The van der Waals surface area contributed by atoms with Gasteiger partial charge in [0.1, 0.15) is 0 Å². The summed E-state index contributed by atoms with van der Waals surface area (Å²) < 4.78 is 23.7. The molecule has 0 saturated heterocycles. The zero-order chi connectivity index (χ0) is 56.0. The second-order valence-electron chi connectivity index (χ2n) is 28.5. The molecule has 0 saturated carbocycles. The molecule has 3 aliphatic carbocycles. The van der Waals surface area contributed by atoms with Crippen LogP contribution < -0.4 is 0 Å². The van der Waals surface area contributed by atoms with Crippen LogP contribution >= 0.6 is 0 Å². The van der Waals surface area contributed by atoms with Crippen molar-refractivity contribution in [3.05, 3.63) is 69.9 Å². The first kappa shape index (κ1) is 63.6. The molecule has 73 heavy (non-hydrogen) atoms. The molecule has 0 bridgehead atoms. The molecule has 0 N–H and O–H groups in total. The summed E-state index contributed by atoms with van der Waals surface area (Å²) in [6.07, 6.45) is 22.0. The largest absolute Gasteiger partial charge is 0.469 e. The smallest absolute Gasteiger partial charge is 0.313 e. The summed E-state index contributed by atoms with van der Waals surface area (Å²) in [5.74, 6) is -2.67. The van der Waals surface area contributed by atoms with Crippen molar-refractivity contribution in [1.82, 2.24) is 0 Å². The summed E-state index contributed by atoms with van der Waals surface area (Å²) in [6, 6.07) is 0. The summed E-state index contributed by atoms with van der Waals surface area (Å²) in [4.78, 5) is 57.0. The maximum Gasteiger partial charge on any atom is 0.313 e. The molecule has 0 spiro atoms. The Morgan fingerprint density at radius 2 is 0.932 bits per heavy atom. The summed E-state index contributed by atoms with van der Waals surface area (Å²) >= 11 is 0. The monoisotopic (exact) mass is 1010 g/mol. The Hall–Kier alpha value is -3.68. The van der Waals surface area contributed by atoms with Crippen molar-refractivity contribution in [2.75, 3.05) is 27.4 Å². The number of methoxy groups -OCH3 is 2. The van der Waals surface area contributed by atoms with E-state index in [-0.39, 0.29) is 57.5 Å². The van der Waals surface area contributed by atoms with Gasteiger partial charge in [-0.3, -0.25) is 19.2 Å². The number of carbonyl (C=O) groups excluding carboxylic acids is 4. The van der Waals surface area contributed by atoms with Crippen LogP contribution in [0.5, 0.6) is 0 Å². The average Bonchev–Trinajstić information content (AvgIpc) is 3.28. The molecule has 0 aromatic heterocycles. The lowest BCUT2D eigenvalue weighted by Crippen LogP contribution is -2.53. The van der Waals surface area contributed by atoms with Gasteiger partial charge in [-0.2, -0.15) is 0 Å². The summed E-state index contributed by atoms with van der Waals surface area (Å²) in [5, 5.41) is 0. The quantitative estimate of drug-likeness (QED) is 0.0675. The van der Waals surface area contributed by atoms with E-state index in [1.165, 1.54) is 36.5 Å². The van der Waals surface area contributed by atoms with Crippen molar-refractivity contribution in [1.29, 1.82) is 0 Å². The molecule has 0 fully saturated rings. The van der Waals surface area contributed by atoms with E-state index in [0.29, 0.717) is 38.5 Å². The Kier molecular flexibility index (Phi) is 21.0. The van der Waals surface area contributed by atoms with Crippen LogP contribution in [0.25, 0.3) is 0 Å². The molecule has 0 aromatic rings. The van der Waals surface area contributed by atoms with Crippen molar-refractivity contribution in [3.8, 4) is 0 Å². The molecule has 0 aromatic carbocycles.